The van der Waals surface area contributed by atoms with Crippen LogP contribution in [-0.2, 0) is 20.8 Å². The monoisotopic (exact) mass is 297 g/mol. The standard InChI is InChI=1S/C12H13NO4S.C2H6/c13-12(16)11(18-8-15)7-9-1-3-10(4-2-9)17-6-5-14;1-2/h1-5,8,11H,6-7H2,(H2,13,16);1-2H3. The molecule has 0 radical (unpaired) electrons. The fourth-order valence-electron chi connectivity index (χ4n) is 1.35. The molecule has 0 saturated heterocycles. The van der Waals surface area contributed by atoms with Gasteiger partial charge >= 0.3 is 0 Å². The van der Waals surface area contributed by atoms with Crippen LogP contribution in [0.1, 0.15) is 19.4 Å². The molecule has 1 atom stereocenters. The van der Waals surface area contributed by atoms with Crippen molar-refractivity contribution in [3.63, 3.8) is 0 Å². The number of aldehydes is 1. The molecule has 0 aliphatic heterocycles. The first-order chi connectivity index (χ1) is 9.67. The van der Waals surface area contributed by atoms with E-state index in [1.807, 2.05) is 13.8 Å². The minimum atomic E-state index is -0.566. The van der Waals surface area contributed by atoms with Gasteiger partial charge in [0.1, 0.15) is 12.4 Å². The number of hydrogen-bond acceptors (Lipinski definition) is 5. The SMILES string of the molecule is CC.NC(=O)C(Cc1ccc(OCC=O)cc1)SC=O. The van der Waals surface area contributed by atoms with Crippen molar-refractivity contribution in [1.82, 2.24) is 0 Å². The second-order valence-corrected chi connectivity index (χ2v) is 4.48. The highest BCUT2D eigenvalue weighted by molar-refractivity contribution is 8.13. The number of nitrogens with two attached hydrogens (primary N) is 1. The molecule has 0 aliphatic carbocycles. The van der Waals surface area contributed by atoms with Crippen LogP contribution in [0.5, 0.6) is 5.75 Å². The molecule has 1 unspecified atom stereocenters. The van der Waals surface area contributed by atoms with Crippen LogP contribution >= 0.6 is 11.8 Å². The molecule has 1 aromatic rings. The Morgan fingerprint density at radius 1 is 1.30 bits per heavy atom. The summed E-state index contributed by atoms with van der Waals surface area (Å²) >= 11 is 0.865. The number of primary amides is 1. The van der Waals surface area contributed by atoms with Gasteiger partial charge in [-0.15, -0.1) is 0 Å². The number of carbonyl (C=O) groups excluding carboxylic acids is 3. The maximum absolute atomic E-state index is 11.1. The lowest BCUT2D eigenvalue weighted by Gasteiger charge is -2.10. The topological polar surface area (TPSA) is 86.5 Å². The Labute approximate surface area is 122 Å². The second-order valence-electron chi connectivity index (χ2n) is 3.45. The molecule has 0 heterocycles. The zero-order chi connectivity index (χ0) is 15.4. The molecule has 0 saturated carbocycles. The summed E-state index contributed by atoms with van der Waals surface area (Å²) < 4.78 is 5.09. The number of ether oxygens (including phenoxy) is 1. The third kappa shape index (κ3) is 6.94. The van der Waals surface area contributed by atoms with E-state index in [1.165, 1.54) is 0 Å². The van der Waals surface area contributed by atoms with E-state index in [1.54, 1.807) is 24.3 Å². The van der Waals surface area contributed by atoms with Gasteiger partial charge in [-0.25, -0.2) is 0 Å². The van der Waals surface area contributed by atoms with Crippen molar-refractivity contribution in [2.75, 3.05) is 6.61 Å². The Bertz CT molecular complexity index is 420. The first kappa shape index (κ1) is 18.2. The van der Waals surface area contributed by atoms with Crippen molar-refractivity contribution in [2.45, 2.75) is 25.5 Å². The van der Waals surface area contributed by atoms with Crippen LogP contribution in [0.25, 0.3) is 0 Å². The van der Waals surface area contributed by atoms with Crippen molar-refractivity contribution in [3.8, 4) is 5.75 Å². The van der Waals surface area contributed by atoms with Gasteiger partial charge in [0.25, 0.3) is 0 Å². The number of amides is 1. The predicted molar refractivity (Wildman–Crippen MR) is 80.4 cm³/mol. The molecule has 6 heteroatoms. The molecular weight excluding hydrogens is 278 g/mol. The maximum Gasteiger partial charge on any atom is 0.231 e. The first-order valence-electron chi connectivity index (χ1n) is 6.21. The number of carbonyl (C=O) groups is 3. The van der Waals surface area contributed by atoms with Crippen LogP contribution in [0, 0.1) is 0 Å². The van der Waals surface area contributed by atoms with Crippen molar-refractivity contribution < 1.29 is 19.1 Å². The molecule has 1 aromatic carbocycles. The lowest BCUT2D eigenvalue weighted by molar-refractivity contribution is -0.117. The third-order valence-electron chi connectivity index (χ3n) is 2.20. The van der Waals surface area contributed by atoms with Crippen LogP contribution in [0.4, 0.5) is 0 Å². The lowest BCUT2D eigenvalue weighted by Crippen LogP contribution is -2.27. The smallest absolute Gasteiger partial charge is 0.231 e. The van der Waals surface area contributed by atoms with E-state index in [9.17, 15) is 14.4 Å². The van der Waals surface area contributed by atoms with Gasteiger partial charge in [-0.1, -0.05) is 37.7 Å². The predicted octanol–water partition coefficient (Wildman–Crippen LogP) is 1.61. The Morgan fingerprint density at radius 2 is 1.90 bits per heavy atom. The highest BCUT2D eigenvalue weighted by Gasteiger charge is 2.16. The van der Waals surface area contributed by atoms with E-state index in [-0.39, 0.29) is 6.61 Å². The minimum Gasteiger partial charge on any atom is -0.486 e. The number of rotatable bonds is 8. The van der Waals surface area contributed by atoms with Crippen LogP contribution in [0.2, 0.25) is 0 Å². The largest absolute Gasteiger partial charge is 0.486 e. The molecule has 2 N–H and O–H groups in total. The van der Waals surface area contributed by atoms with Gasteiger partial charge in [0.15, 0.2) is 11.9 Å². The number of benzene rings is 1. The van der Waals surface area contributed by atoms with E-state index >= 15 is 0 Å². The molecule has 1 amide bonds. The van der Waals surface area contributed by atoms with E-state index < -0.39 is 11.2 Å². The number of thioether (sulfide) groups is 1. The third-order valence-corrected chi connectivity index (χ3v) is 3.04. The quantitative estimate of drug-likeness (QED) is 0.737. The van der Waals surface area contributed by atoms with Gasteiger partial charge in [-0.2, -0.15) is 0 Å². The van der Waals surface area contributed by atoms with Gasteiger partial charge < -0.3 is 10.5 Å². The Kier molecular flexibility index (Phi) is 10.0. The highest BCUT2D eigenvalue weighted by atomic mass is 32.2. The summed E-state index contributed by atoms with van der Waals surface area (Å²) in [5.74, 6) is 0.0536. The van der Waals surface area contributed by atoms with Crippen LogP contribution in [0.15, 0.2) is 24.3 Å². The molecule has 0 fully saturated rings. The number of hydrogen-bond donors (Lipinski definition) is 1. The molecular formula is C14H19NO4S. The van der Waals surface area contributed by atoms with Gasteiger partial charge in [0.05, 0.1) is 5.25 Å². The summed E-state index contributed by atoms with van der Waals surface area (Å²) in [5, 5.41) is -0.566. The van der Waals surface area contributed by atoms with Crippen LogP contribution in [-0.4, -0.2) is 29.7 Å². The Morgan fingerprint density at radius 3 is 2.35 bits per heavy atom. The van der Waals surface area contributed by atoms with Gasteiger partial charge in [-0.05, 0) is 24.1 Å². The zero-order valence-electron chi connectivity index (χ0n) is 11.6. The average molecular weight is 297 g/mol. The summed E-state index contributed by atoms with van der Waals surface area (Å²) in [6.45, 7) is 4.00. The average Bonchev–Trinajstić information content (AvgIpc) is 2.48. The van der Waals surface area contributed by atoms with E-state index in [2.05, 4.69) is 0 Å². The summed E-state index contributed by atoms with van der Waals surface area (Å²) in [6.07, 6.45) is 1.05. The first-order valence-corrected chi connectivity index (χ1v) is 7.15. The zero-order valence-corrected chi connectivity index (χ0v) is 12.4. The van der Waals surface area contributed by atoms with Gasteiger partial charge in [0.2, 0.25) is 5.91 Å². The molecule has 0 bridgehead atoms. The highest BCUT2D eigenvalue weighted by Crippen LogP contribution is 2.17. The minimum absolute atomic E-state index is 0.00422. The van der Waals surface area contributed by atoms with Crippen LogP contribution < -0.4 is 10.5 Å². The normalized spacial score (nSPS) is 10.7. The Hall–Kier alpha value is -1.82. The summed E-state index contributed by atoms with van der Waals surface area (Å²) in [7, 11) is 0. The van der Waals surface area contributed by atoms with Gasteiger partial charge in [0, 0.05) is 0 Å². The van der Waals surface area contributed by atoms with E-state index in [0.29, 0.717) is 24.1 Å². The van der Waals surface area contributed by atoms with Crippen molar-refractivity contribution >= 4 is 29.6 Å². The molecule has 110 valence electrons. The van der Waals surface area contributed by atoms with Crippen molar-refractivity contribution in [1.29, 1.82) is 0 Å². The summed E-state index contributed by atoms with van der Waals surface area (Å²) in [4.78, 5) is 31.6. The Balaban J connectivity index is 0.00000172. The van der Waals surface area contributed by atoms with Crippen molar-refractivity contribution in [3.05, 3.63) is 29.8 Å². The molecule has 0 aromatic heterocycles. The second kappa shape index (κ2) is 11.0. The molecule has 5 nitrogen and oxygen atoms in total. The summed E-state index contributed by atoms with van der Waals surface area (Å²) in [5.41, 5.74) is 6.66. The fraction of sp³-hybridized carbons (Fsp3) is 0.357. The molecule has 1 rings (SSSR count). The van der Waals surface area contributed by atoms with Crippen LogP contribution in [0.3, 0.4) is 0 Å². The van der Waals surface area contributed by atoms with E-state index in [0.717, 1.165) is 17.3 Å². The van der Waals surface area contributed by atoms with Crippen molar-refractivity contribution in [2.24, 2.45) is 5.73 Å². The van der Waals surface area contributed by atoms with Gasteiger partial charge in [-0.3, -0.25) is 14.4 Å². The molecule has 0 aliphatic rings. The molecule has 20 heavy (non-hydrogen) atoms. The fourth-order valence-corrected chi connectivity index (χ4v) is 1.91. The lowest BCUT2D eigenvalue weighted by atomic mass is 10.1. The van der Waals surface area contributed by atoms with E-state index in [4.69, 9.17) is 10.5 Å². The maximum atomic E-state index is 11.1. The molecule has 0 spiro atoms. The summed E-state index contributed by atoms with van der Waals surface area (Å²) in [6, 6.07) is 6.92.